The summed E-state index contributed by atoms with van der Waals surface area (Å²) in [6, 6.07) is 11.8. The molecule has 0 radical (unpaired) electrons. The van der Waals surface area contributed by atoms with Crippen LogP contribution in [0.1, 0.15) is 11.4 Å². The quantitative estimate of drug-likeness (QED) is 0.704. The Hall–Kier alpha value is -1.43. The number of aromatic nitrogens is 3. The highest BCUT2D eigenvalue weighted by Gasteiger charge is 2.04. The van der Waals surface area contributed by atoms with Crippen molar-refractivity contribution in [2.45, 2.75) is 13.0 Å². The molecule has 1 N–H and O–H groups in total. The highest BCUT2D eigenvalue weighted by molar-refractivity contribution is 9.10. The summed E-state index contributed by atoms with van der Waals surface area (Å²) >= 11 is 9.41. The number of nitrogens with one attached hydrogen (secondary N) is 1. The lowest BCUT2D eigenvalue weighted by molar-refractivity contribution is 0.667. The predicted molar refractivity (Wildman–Crippen MR) is 87.5 cm³/mol. The molecule has 0 unspecified atom stereocenters. The van der Waals surface area contributed by atoms with Gasteiger partial charge in [0.1, 0.15) is 5.82 Å². The van der Waals surface area contributed by atoms with Crippen molar-refractivity contribution in [2.75, 3.05) is 6.54 Å². The van der Waals surface area contributed by atoms with Gasteiger partial charge in [0.2, 0.25) is 0 Å². The number of hydrogen-bond donors (Lipinski definition) is 1. The first-order chi connectivity index (χ1) is 10.2. The Balaban J connectivity index is 1.55. The summed E-state index contributed by atoms with van der Waals surface area (Å²) in [5, 5.41) is 12.5. The lowest BCUT2D eigenvalue weighted by Gasteiger charge is -2.05. The number of benzene rings is 1. The van der Waals surface area contributed by atoms with E-state index in [0.29, 0.717) is 0 Å². The molecule has 0 saturated heterocycles. The van der Waals surface area contributed by atoms with E-state index in [2.05, 4.69) is 31.4 Å². The van der Waals surface area contributed by atoms with E-state index in [4.69, 9.17) is 11.6 Å². The lowest BCUT2D eigenvalue weighted by Crippen LogP contribution is -2.17. The summed E-state index contributed by atoms with van der Waals surface area (Å²) in [4.78, 5) is 0. The van der Waals surface area contributed by atoms with E-state index in [1.54, 1.807) is 0 Å². The maximum atomic E-state index is 5.98. The Labute approximate surface area is 136 Å². The van der Waals surface area contributed by atoms with Crippen LogP contribution in [0.15, 0.2) is 47.1 Å². The van der Waals surface area contributed by atoms with Gasteiger partial charge in [0.05, 0.1) is 5.02 Å². The first-order valence-electron chi connectivity index (χ1n) is 6.67. The van der Waals surface area contributed by atoms with Gasteiger partial charge in [-0.25, -0.2) is 0 Å². The summed E-state index contributed by atoms with van der Waals surface area (Å²) in [5.74, 6) is 0.968. The molecular weight excluding hydrogens is 352 g/mol. The molecule has 3 aromatic rings. The van der Waals surface area contributed by atoms with Crippen LogP contribution in [0.5, 0.6) is 0 Å². The average Bonchev–Trinajstić information content (AvgIpc) is 2.91. The Bertz CT molecular complexity index is 756. The van der Waals surface area contributed by atoms with E-state index in [-0.39, 0.29) is 0 Å². The third kappa shape index (κ3) is 3.43. The van der Waals surface area contributed by atoms with Gasteiger partial charge < -0.3 is 5.32 Å². The van der Waals surface area contributed by atoms with Crippen LogP contribution in [-0.4, -0.2) is 21.1 Å². The Morgan fingerprint density at radius 3 is 2.95 bits per heavy atom. The van der Waals surface area contributed by atoms with E-state index in [1.165, 1.54) is 5.56 Å². The molecule has 21 heavy (non-hydrogen) atoms. The molecule has 0 spiro atoms. The zero-order chi connectivity index (χ0) is 14.7. The molecule has 1 aromatic carbocycles. The van der Waals surface area contributed by atoms with E-state index >= 15 is 0 Å². The van der Waals surface area contributed by atoms with Gasteiger partial charge in [-0.1, -0.05) is 23.7 Å². The van der Waals surface area contributed by atoms with Crippen LogP contribution in [0.2, 0.25) is 5.02 Å². The molecule has 2 heterocycles. The van der Waals surface area contributed by atoms with Gasteiger partial charge in [-0.15, -0.1) is 10.2 Å². The van der Waals surface area contributed by atoms with Gasteiger partial charge >= 0.3 is 0 Å². The predicted octanol–water partition coefficient (Wildman–Crippen LogP) is 3.48. The van der Waals surface area contributed by atoms with Crippen molar-refractivity contribution in [1.29, 1.82) is 0 Å². The van der Waals surface area contributed by atoms with Gasteiger partial charge in [0, 0.05) is 30.2 Å². The van der Waals surface area contributed by atoms with Crippen molar-refractivity contribution >= 4 is 33.2 Å². The van der Waals surface area contributed by atoms with Crippen LogP contribution in [-0.2, 0) is 13.0 Å². The lowest BCUT2D eigenvalue weighted by atomic mass is 10.2. The van der Waals surface area contributed by atoms with Crippen molar-refractivity contribution in [2.24, 2.45) is 0 Å². The van der Waals surface area contributed by atoms with Crippen LogP contribution >= 0.6 is 27.5 Å². The van der Waals surface area contributed by atoms with Crippen molar-refractivity contribution in [1.82, 2.24) is 19.9 Å². The largest absolute Gasteiger partial charge is 0.312 e. The molecule has 0 aliphatic carbocycles. The van der Waals surface area contributed by atoms with E-state index < -0.39 is 0 Å². The van der Waals surface area contributed by atoms with Crippen LogP contribution < -0.4 is 5.32 Å². The summed E-state index contributed by atoms with van der Waals surface area (Å²) < 4.78 is 2.94. The first-order valence-corrected chi connectivity index (χ1v) is 7.84. The second-order valence-corrected chi connectivity index (χ2v) is 5.98. The van der Waals surface area contributed by atoms with E-state index in [0.717, 1.165) is 40.5 Å². The number of fused-ring (bicyclic) bond motifs is 1. The van der Waals surface area contributed by atoms with Gasteiger partial charge in [-0.05, 0) is 45.8 Å². The Kier molecular flexibility index (Phi) is 4.53. The normalized spacial score (nSPS) is 11.1. The fraction of sp³-hybridized carbons (Fsp3) is 0.200. The zero-order valence-electron chi connectivity index (χ0n) is 11.3. The van der Waals surface area contributed by atoms with E-state index in [9.17, 15) is 0 Å². The van der Waals surface area contributed by atoms with Gasteiger partial charge in [-0.2, -0.15) is 0 Å². The fourth-order valence-corrected chi connectivity index (χ4v) is 2.69. The molecule has 0 bridgehead atoms. The summed E-state index contributed by atoms with van der Waals surface area (Å²) in [5.41, 5.74) is 2.08. The van der Waals surface area contributed by atoms with Crippen molar-refractivity contribution in [3.63, 3.8) is 0 Å². The molecule has 0 atom stereocenters. The minimum Gasteiger partial charge on any atom is -0.312 e. The number of halogens is 2. The number of rotatable bonds is 5. The first kappa shape index (κ1) is 14.5. The topological polar surface area (TPSA) is 42.2 Å². The molecule has 3 rings (SSSR count). The minimum absolute atomic E-state index is 0.730. The molecule has 0 aliphatic heterocycles. The molecule has 0 fully saturated rings. The monoisotopic (exact) mass is 364 g/mol. The second kappa shape index (κ2) is 6.56. The standard InChI is InChI=1S/C15H14BrClN4/c16-12-9-11(4-5-13(12)17)10-18-7-6-15-20-19-14-3-1-2-8-21(14)15/h1-5,8-9,18H,6-7,10H2. The highest BCUT2D eigenvalue weighted by Crippen LogP contribution is 2.23. The Morgan fingerprint density at radius 1 is 1.19 bits per heavy atom. The van der Waals surface area contributed by atoms with Crippen molar-refractivity contribution < 1.29 is 0 Å². The molecule has 108 valence electrons. The Morgan fingerprint density at radius 2 is 2.10 bits per heavy atom. The number of nitrogens with zero attached hydrogens (tertiary/aromatic N) is 3. The number of pyridine rings is 1. The smallest absolute Gasteiger partial charge is 0.160 e. The molecule has 4 nitrogen and oxygen atoms in total. The maximum absolute atomic E-state index is 5.98. The summed E-state index contributed by atoms with van der Waals surface area (Å²) in [6.45, 7) is 1.64. The second-order valence-electron chi connectivity index (χ2n) is 4.72. The molecule has 0 saturated carbocycles. The van der Waals surface area contributed by atoms with Crippen molar-refractivity contribution in [3.8, 4) is 0 Å². The van der Waals surface area contributed by atoms with Gasteiger partial charge in [0.15, 0.2) is 5.65 Å². The van der Waals surface area contributed by atoms with Crippen LogP contribution in [0.25, 0.3) is 5.65 Å². The summed E-state index contributed by atoms with van der Waals surface area (Å²) in [6.07, 6.45) is 2.82. The van der Waals surface area contributed by atoms with Gasteiger partial charge in [-0.3, -0.25) is 4.40 Å². The molecule has 6 heteroatoms. The van der Waals surface area contributed by atoms with E-state index in [1.807, 2.05) is 47.0 Å². The molecule has 0 aliphatic rings. The summed E-state index contributed by atoms with van der Waals surface area (Å²) in [7, 11) is 0. The van der Waals surface area contributed by atoms with Crippen LogP contribution in [0.4, 0.5) is 0 Å². The SMILES string of the molecule is Clc1ccc(CNCCc2nnc3ccccn23)cc1Br. The van der Waals surface area contributed by atoms with Crippen LogP contribution in [0.3, 0.4) is 0 Å². The van der Waals surface area contributed by atoms with Gasteiger partial charge in [0.25, 0.3) is 0 Å². The molecular formula is C15H14BrClN4. The fourth-order valence-electron chi connectivity index (χ4n) is 2.14. The highest BCUT2D eigenvalue weighted by atomic mass is 79.9. The van der Waals surface area contributed by atoms with Crippen LogP contribution in [0, 0.1) is 0 Å². The zero-order valence-corrected chi connectivity index (χ0v) is 13.6. The number of hydrogen-bond acceptors (Lipinski definition) is 3. The average molecular weight is 366 g/mol. The third-order valence-corrected chi connectivity index (χ3v) is 4.44. The van der Waals surface area contributed by atoms with Crippen molar-refractivity contribution in [3.05, 3.63) is 63.5 Å². The minimum atomic E-state index is 0.730. The molecule has 0 amide bonds. The third-order valence-electron chi connectivity index (χ3n) is 3.22. The maximum Gasteiger partial charge on any atom is 0.160 e. The molecule has 2 aromatic heterocycles.